The lowest BCUT2D eigenvalue weighted by molar-refractivity contribution is 0.142. The van der Waals surface area contributed by atoms with Gasteiger partial charge < -0.3 is 9.88 Å². The van der Waals surface area contributed by atoms with Crippen LogP contribution in [0, 0.1) is 17.3 Å². The van der Waals surface area contributed by atoms with E-state index in [1.165, 1.54) is 19.3 Å². The van der Waals surface area contributed by atoms with Crippen molar-refractivity contribution in [2.75, 3.05) is 0 Å². The highest BCUT2D eigenvalue weighted by atomic mass is 15.1. The third kappa shape index (κ3) is 3.85. The van der Waals surface area contributed by atoms with Gasteiger partial charge in [-0.1, -0.05) is 41.0 Å². The summed E-state index contributed by atoms with van der Waals surface area (Å²) in [4.78, 5) is 4.17. The summed E-state index contributed by atoms with van der Waals surface area (Å²) in [6.07, 6.45) is 9.98. The number of hydrogen-bond donors (Lipinski definition) is 1. The lowest BCUT2D eigenvalue weighted by Gasteiger charge is -2.42. The molecule has 1 aromatic rings. The van der Waals surface area contributed by atoms with Crippen LogP contribution in [0.25, 0.3) is 0 Å². The van der Waals surface area contributed by atoms with E-state index in [9.17, 15) is 0 Å². The summed E-state index contributed by atoms with van der Waals surface area (Å²) in [7, 11) is 0. The third-order valence-corrected chi connectivity index (χ3v) is 4.94. The predicted molar refractivity (Wildman–Crippen MR) is 84.6 cm³/mol. The minimum atomic E-state index is 0.251. The number of nitrogens with zero attached hydrogens (tertiary/aromatic N) is 2. The Morgan fingerprint density at radius 3 is 2.40 bits per heavy atom. The Bertz CT molecular complexity index is 381. The van der Waals surface area contributed by atoms with Crippen molar-refractivity contribution in [3.05, 3.63) is 18.7 Å². The number of rotatable bonds is 4. The Hall–Kier alpha value is -0.830. The van der Waals surface area contributed by atoms with Crippen molar-refractivity contribution in [2.24, 2.45) is 17.3 Å². The zero-order chi connectivity index (χ0) is 14.8. The second-order valence-corrected chi connectivity index (χ2v) is 7.76. The predicted octanol–water partition coefficient (Wildman–Crippen LogP) is 3.71. The maximum atomic E-state index is 4.17. The van der Waals surface area contributed by atoms with Gasteiger partial charge in [0.1, 0.15) is 0 Å². The molecule has 1 aliphatic rings. The molecular weight excluding hydrogens is 246 g/mol. The molecule has 1 fully saturated rings. The van der Waals surface area contributed by atoms with Crippen LogP contribution in [-0.2, 0) is 6.54 Å². The number of imidazole rings is 1. The van der Waals surface area contributed by atoms with Crippen molar-refractivity contribution in [2.45, 2.75) is 72.5 Å². The van der Waals surface area contributed by atoms with Gasteiger partial charge in [-0.15, -0.1) is 0 Å². The summed E-state index contributed by atoms with van der Waals surface area (Å²) in [5.41, 5.74) is 0.251. The standard InChI is InChI=1S/C17H31N3/c1-13-7-6-8-14(2)16(13)19-15(17(3,4)5)11-20-10-9-18-12-20/h9-10,12-16,19H,6-8,11H2,1-5H3. The molecule has 20 heavy (non-hydrogen) atoms. The average Bonchev–Trinajstić information content (AvgIpc) is 2.84. The summed E-state index contributed by atoms with van der Waals surface area (Å²) >= 11 is 0. The first-order valence-electron chi connectivity index (χ1n) is 8.09. The zero-order valence-electron chi connectivity index (χ0n) is 13.8. The Morgan fingerprint density at radius 2 is 1.90 bits per heavy atom. The third-order valence-electron chi connectivity index (χ3n) is 4.94. The van der Waals surface area contributed by atoms with Gasteiger partial charge in [0.05, 0.1) is 6.33 Å². The molecule has 114 valence electrons. The van der Waals surface area contributed by atoms with Gasteiger partial charge in [-0.3, -0.25) is 0 Å². The van der Waals surface area contributed by atoms with Gasteiger partial charge in [0.15, 0.2) is 0 Å². The first kappa shape index (κ1) is 15.6. The monoisotopic (exact) mass is 277 g/mol. The Kier molecular flexibility index (Phi) is 4.90. The molecule has 1 aromatic heterocycles. The Labute approximate surface area is 124 Å². The normalized spacial score (nSPS) is 29.4. The van der Waals surface area contributed by atoms with Crippen molar-refractivity contribution < 1.29 is 0 Å². The van der Waals surface area contributed by atoms with E-state index in [2.05, 4.69) is 55.7 Å². The van der Waals surface area contributed by atoms with Gasteiger partial charge in [0.2, 0.25) is 0 Å². The van der Waals surface area contributed by atoms with Crippen molar-refractivity contribution in [1.29, 1.82) is 0 Å². The van der Waals surface area contributed by atoms with Crippen molar-refractivity contribution in [1.82, 2.24) is 14.9 Å². The second-order valence-electron chi connectivity index (χ2n) is 7.76. The molecule has 0 aromatic carbocycles. The van der Waals surface area contributed by atoms with E-state index in [4.69, 9.17) is 0 Å². The maximum Gasteiger partial charge on any atom is 0.0946 e. The smallest absolute Gasteiger partial charge is 0.0946 e. The van der Waals surface area contributed by atoms with E-state index >= 15 is 0 Å². The molecule has 0 saturated heterocycles. The molecule has 1 N–H and O–H groups in total. The fourth-order valence-electron chi connectivity index (χ4n) is 3.42. The van der Waals surface area contributed by atoms with Gasteiger partial charge in [-0.2, -0.15) is 0 Å². The van der Waals surface area contributed by atoms with Crippen molar-refractivity contribution in [3.8, 4) is 0 Å². The second kappa shape index (κ2) is 6.30. The summed E-state index contributed by atoms with van der Waals surface area (Å²) in [5, 5.41) is 3.99. The van der Waals surface area contributed by atoms with Gasteiger partial charge >= 0.3 is 0 Å². The number of nitrogens with one attached hydrogen (secondary N) is 1. The van der Waals surface area contributed by atoms with Crippen LogP contribution in [0.1, 0.15) is 53.9 Å². The number of aromatic nitrogens is 2. The summed E-state index contributed by atoms with van der Waals surface area (Å²) in [6.45, 7) is 12.8. The summed E-state index contributed by atoms with van der Waals surface area (Å²) < 4.78 is 2.20. The molecule has 0 radical (unpaired) electrons. The van der Waals surface area contributed by atoms with Crippen LogP contribution >= 0.6 is 0 Å². The molecule has 0 bridgehead atoms. The largest absolute Gasteiger partial charge is 0.336 e. The van der Waals surface area contributed by atoms with Crippen molar-refractivity contribution in [3.63, 3.8) is 0 Å². The fourth-order valence-corrected chi connectivity index (χ4v) is 3.42. The van der Waals surface area contributed by atoms with Crippen LogP contribution in [-0.4, -0.2) is 21.6 Å². The first-order chi connectivity index (χ1) is 9.38. The van der Waals surface area contributed by atoms with E-state index in [0.717, 1.165) is 18.4 Å². The Balaban J connectivity index is 2.07. The average molecular weight is 277 g/mol. The highest BCUT2D eigenvalue weighted by molar-refractivity contribution is 4.91. The van der Waals surface area contributed by atoms with Crippen LogP contribution in [0.4, 0.5) is 0 Å². The van der Waals surface area contributed by atoms with Gasteiger partial charge in [-0.25, -0.2) is 4.98 Å². The zero-order valence-corrected chi connectivity index (χ0v) is 13.8. The fraction of sp³-hybridized carbons (Fsp3) is 0.824. The van der Waals surface area contributed by atoms with E-state index in [0.29, 0.717) is 12.1 Å². The highest BCUT2D eigenvalue weighted by Gasteiger charge is 2.33. The van der Waals surface area contributed by atoms with Crippen LogP contribution in [0.15, 0.2) is 18.7 Å². The molecule has 0 aliphatic heterocycles. The molecule has 1 aliphatic carbocycles. The van der Waals surface area contributed by atoms with Gasteiger partial charge in [-0.05, 0) is 30.1 Å². The molecule has 3 heteroatoms. The summed E-state index contributed by atoms with van der Waals surface area (Å²) in [5.74, 6) is 1.57. The minimum Gasteiger partial charge on any atom is -0.336 e. The van der Waals surface area contributed by atoms with Crippen LogP contribution in [0.5, 0.6) is 0 Å². The molecule has 3 unspecified atom stereocenters. The van der Waals surface area contributed by atoms with E-state index in [-0.39, 0.29) is 5.41 Å². The summed E-state index contributed by atoms with van der Waals surface area (Å²) in [6, 6.07) is 1.13. The van der Waals surface area contributed by atoms with Crippen LogP contribution in [0.2, 0.25) is 0 Å². The molecule has 1 heterocycles. The molecule has 0 amide bonds. The topological polar surface area (TPSA) is 29.9 Å². The Morgan fingerprint density at radius 1 is 1.25 bits per heavy atom. The van der Waals surface area contributed by atoms with E-state index < -0.39 is 0 Å². The molecular formula is C17H31N3. The SMILES string of the molecule is CC1CCCC(C)C1NC(Cn1ccnc1)C(C)(C)C. The van der Waals surface area contributed by atoms with Crippen LogP contribution in [0.3, 0.4) is 0 Å². The minimum absolute atomic E-state index is 0.251. The van der Waals surface area contributed by atoms with E-state index in [1.807, 2.05) is 12.5 Å². The molecule has 1 saturated carbocycles. The lowest BCUT2D eigenvalue weighted by Crippen LogP contribution is -2.53. The van der Waals surface area contributed by atoms with Gasteiger partial charge in [0.25, 0.3) is 0 Å². The molecule has 2 rings (SSSR count). The van der Waals surface area contributed by atoms with Crippen molar-refractivity contribution >= 4 is 0 Å². The highest BCUT2D eigenvalue weighted by Crippen LogP contribution is 2.31. The molecule has 3 nitrogen and oxygen atoms in total. The first-order valence-corrected chi connectivity index (χ1v) is 8.09. The van der Waals surface area contributed by atoms with Gasteiger partial charge in [0, 0.05) is 31.0 Å². The molecule has 3 atom stereocenters. The number of hydrogen-bond acceptors (Lipinski definition) is 2. The van der Waals surface area contributed by atoms with E-state index in [1.54, 1.807) is 0 Å². The van der Waals surface area contributed by atoms with Crippen LogP contribution < -0.4 is 5.32 Å². The maximum absolute atomic E-state index is 4.17. The quantitative estimate of drug-likeness (QED) is 0.909. The molecule has 0 spiro atoms. The lowest BCUT2D eigenvalue weighted by atomic mass is 9.76.